The van der Waals surface area contributed by atoms with Gasteiger partial charge in [0, 0.05) is 25.2 Å². The maximum atomic E-state index is 10.9. The zero-order chi connectivity index (χ0) is 13.7. The van der Waals surface area contributed by atoms with Crippen molar-refractivity contribution >= 4 is 11.7 Å². The first-order chi connectivity index (χ1) is 9.15. The van der Waals surface area contributed by atoms with Gasteiger partial charge in [-0.25, -0.2) is 0 Å². The van der Waals surface area contributed by atoms with Gasteiger partial charge in [0.05, 0.1) is 0 Å². The second-order valence-electron chi connectivity index (χ2n) is 5.16. The molecule has 1 aromatic rings. The van der Waals surface area contributed by atoms with Crippen LogP contribution in [0.25, 0.3) is 0 Å². The molecule has 0 aromatic heterocycles. The third-order valence-electron chi connectivity index (χ3n) is 3.64. The number of hydrogen-bond acceptors (Lipinski definition) is 4. The van der Waals surface area contributed by atoms with Crippen LogP contribution in [0.2, 0.25) is 0 Å². The summed E-state index contributed by atoms with van der Waals surface area (Å²) in [6.45, 7) is 2.28. The van der Waals surface area contributed by atoms with Crippen LogP contribution >= 0.6 is 0 Å². The number of ether oxygens (including phenoxy) is 1. The highest BCUT2D eigenvalue weighted by molar-refractivity contribution is 5.66. The minimum absolute atomic E-state index is 0.109. The lowest BCUT2D eigenvalue weighted by Gasteiger charge is -2.28. The predicted octanol–water partition coefficient (Wildman–Crippen LogP) is 2.23. The average Bonchev–Trinajstić information content (AvgIpc) is 2.39. The van der Waals surface area contributed by atoms with E-state index < -0.39 is 0 Å². The van der Waals surface area contributed by atoms with Gasteiger partial charge in [0.15, 0.2) is 0 Å². The van der Waals surface area contributed by atoms with Gasteiger partial charge < -0.3 is 15.8 Å². The van der Waals surface area contributed by atoms with E-state index in [4.69, 9.17) is 10.5 Å². The molecule has 2 rings (SSSR count). The molecular weight excluding hydrogens is 240 g/mol. The van der Waals surface area contributed by atoms with Crippen molar-refractivity contribution in [3.05, 3.63) is 29.8 Å². The summed E-state index contributed by atoms with van der Waals surface area (Å²) in [4.78, 5) is 10.9. The Morgan fingerprint density at radius 3 is 2.63 bits per heavy atom. The number of benzene rings is 1. The number of nitrogens with two attached hydrogens (primary N) is 1. The van der Waals surface area contributed by atoms with Gasteiger partial charge in [-0.3, -0.25) is 4.79 Å². The van der Waals surface area contributed by atoms with Crippen LogP contribution in [0, 0.1) is 0 Å². The van der Waals surface area contributed by atoms with Crippen molar-refractivity contribution in [3.8, 4) is 0 Å². The summed E-state index contributed by atoms with van der Waals surface area (Å²) in [5.41, 5.74) is 7.90. The molecule has 4 nitrogen and oxygen atoms in total. The van der Waals surface area contributed by atoms with E-state index in [1.165, 1.54) is 6.92 Å². The molecule has 1 aromatic carbocycles. The van der Waals surface area contributed by atoms with Gasteiger partial charge in [-0.05, 0) is 37.3 Å². The van der Waals surface area contributed by atoms with Crippen LogP contribution in [-0.4, -0.2) is 18.1 Å². The van der Waals surface area contributed by atoms with Crippen LogP contribution < -0.4 is 11.1 Å². The van der Waals surface area contributed by atoms with Crippen LogP contribution in [0.1, 0.15) is 38.2 Å². The fraction of sp³-hybridized carbons (Fsp3) is 0.533. The molecule has 0 amide bonds. The normalized spacial score (nSPS) is 23.0. The Labute approximate surface area is 114 Å². The molecule has 0 saturated heterocycles. The minimum Gasteiger partial charge on any atom is -0.463 e. The largest absolute Gasteiger partial charge is 0.463 e. The van der Waals surface area contributed by atoms with Crippen molar-refractivity contribution in [2.24, 2.45) is 0 Å². The summed E-state index contributed by atoms with van der Waals surface area (Å²) >= 11 is 0. The number of carbonyl (C=O) groups is 1. The van der Waals surface area contributed by atoms with Gasteiger partial charge in [0.1, 0.15) is 6.10 Å². The number of hydrogen-bond donors (Lipinski definition) is 2. The molecule has 0 aliphatic heterocycles. The van der Waals surface area contributed by atoms with Crippen LogP contribution in [0.5, 0.6) is 0 Å². The SMILES string of the molecule is CC(=O)OC1CCC(NCc2ccccc2N)CC1. The lowest BCUT2D eigenvalue weighted by atomic mass is 9.92. The average molecular weight is 262 g/mol. The maximum Gasteiger partial charge on any atom is 0.302 e. The smallest absolute Gasteiger partial charge is 0.302 e. The second kappa shape index (κ2) is 6.57. The second-order valence-corrected chi connectivity index (χ2v) is 5.16. The third kappa shape index (κ3) is 4.24. The molecule has 1 aliphatic rings. The van der Waals surface area contributed by atoms with Crippen molar-refractivity contribution in [1.82, 2.24) is 5.32 Å². The van der Waals surface area contributed by atoms with E-state index in [1.807, 2.05) is 24.3 Å². The summed E-state index contributed by atoms with van der Waals surface area (Å²) in [6.07, 6.45) is 4.09. The van der Waals surface area contributed by atoms with Crippen LogP contribution in [0.4, 0.5) is 5.69 Å². The fourth-order valence-electron chi connectivity index (χ4n) is 2.57. The van der Waals surface area contributed by atoms with Gasteiger partial charge in [-0.15, -0.1) is 0 Å². The standard InChI is InChI=1S/C15H22N2O2/c1-11(18)19-14-8-6-13(7-9-14)17-10-12-4-2-3-5-15(12)16/h2-5,13-14,17H,6-10,16H2,1H3. The number of nitrogens with one attached hydrogen (secondary N) is 1. The van der Waals surface area contributed by atoms with E-state index >= 15 is 0 Å². The van der Waals surface area contributed by atoms with Gasteiger partial charge in [-0.1, -0.05) is 18.2 Å². The van der Waals surface area contributed by atoms with Gasteiger partial charge in [0.25, 0.3) is 0 Å². The minimum atomic E-state index is -0.173. The zero-order valence-electron chi connectivity index (χ0n) is 11.4. The highest BCUT2D eigenvalue weighted by atomic mass is 16.5. The molecule has 0 atom stereocenters. The first kappa shape index (κ1) is 13.9. The Bertz CT molecular complexity index is 426. The Balaban J connectivity index is 1.74. The van der Waals surface area contributed by atoms with E-state index in [0.717, 1.165) is 43.5 Å². The molecule has 1 saturated carbocycles. The summed E-state index contributed by atoms with van der Waals surface area (Å²) in [6, 6.07) is 8.42. The van der Waals surface area contributed by atoms with Crippen molar-refractivity contribution in [1.29, 1.82) is 0 Å². The molecular formula is C15H22N2O2. The topological polar surface area (TPSA) is 64.3 Å². The Hall–Kier alpha value is -1.55. The van der Waals surface area contributed by atoms with Crippen LogP contribution in [0.15, 0.2) is 24.3 Å². The zero-order valence-corrected chi connectivity index (χ0v) is 11.4. The highest BCUT2D eigenvalue weighted by Crippen LogP contribution is 2.22. The van der Waals surface area contributed by atoms with Gasteiger partial charge in [-0.2, -0.15) is 0 Å². The summed E-state index contributed by atoms with van der Waals surface area (Å²) in [5, 5.41) is 3.53. The number of para-hydroxylation sites is 1. The molecule has 3 N–H and O–H groups in total. The number of nitrogen functional groups attached to an aromatic ring is 1. The monoisotopic (exact) mass is 262 g/mol. The molecule has 0 radical (unpaired) electrons. The van der Waals surface area contributed by atoms with E-state index in [1.54, 1.807) is 0 Å². The molecule has 0 bridgehead atoms. The summed E-state index contributed by atoms with van der Waals surface area (Å²) < 4.78 is 5.23. The first-order valence-corrected chi connectivity index (χ1v) is 6.89. The highest BCUT2D eigenvalue weighted by Gasteiger charge is 2.22. The van der Waals surface area contributed by atoms with E-state index in [2.05, 4.69) is 5.32 Å². The van der Waals surface area contributed by atoms with Crippen molar-refractivity contribution in [3.63, 3.8) is 0 Å². The maximum absolute atomic E-state index is 10.9. The summed E-state index contributed by atoms with van der Waals surface area (Å²) in [5.74, 6) is -0.173. The first-order valence-electron chi connectivity index (χ1n) is 6.89. The summed E-state index contributed by atoms with van der Waals surface area (Å²) in [7, 11) is 0. The lowest BCUT2D eigenvalue weighted by molar-refractivity contribution is -0.147. The van der Waals surface area contributed by atoms with E-state index in [0.29, 0.717) is 6.04 Å². The van der Waals surface area contributed by atoms with Crippen molar-refractivity contribution < 1.29 is 9.53 Å². The Morgan fingerprint density at radius 1 is 1.32 bits per heavy atom. The van der Waals surface area contributed by atoms with Crippen molar-refractivity contribution in [2.45, 2.75) is 51.3 Å². The molecule has 4 heteroatoms. The molecule has 0 unspecified atom stereocenters. The van der Waals surface area contributed by atoms with E-state index in [9.17, 15) is 4.79 Å². The lowest BCUT2D eigenvalue weighted by Crippen LogP contribution is -2.35. The van der Waals surface area contributed by atoms with Crippen molar-refractivity contribution in [2.75, 3.05) is 5.73 Å². The Morgan fingerprint density at radius 2 is 2.00 bits per heavy atom. The number of esters is 1. The number of rotatable bonds is 4. The molecule has 1 aliphatic carbocycles. The Kier molecular flexibility index (Phi) is 4.80. The van der Waals surface area contributed by atoms with Gasteiger partial charge >= 0.3 is 5.97 Å². The van der Waals surface area contributed by atoms with Crippen LogP contribution in [-0.2, 0) is 16.1 Å². The molecule has 104 valence electrons. The van der Waals surface area contributed by atoms with Gasteiger partial charge in [0.2, 0.25) is 0 Å². The fourth-order valence-corrected chi connectivity index (χ4v) is 2.57. The predicted molar refractivity (Wildman–Crippen MR) is 75.5 cm³/mol. The molecule has 0 heterocycles. The molecule has 1 fully saturated rings. The van der Waals surface area contributed by atoms with Crippen LogP contribution in [0.3, 0.4) is 0 Å². The number of anilines is 1. The van der Waals surface area contributed by atoms with E-state index in [-0.39, 0.29) is 12.1 Å². The number of carbonyl (C=O) groups excluding carboxylic acids is 1. The molecule has 19 heavy (non-hydrogen) atoms. The quantitative estimate of drug-likeness (QED) is 0.645. The molecule has 0 spiro atoms. The third-order valence-corrected chi connectivity index (χ3v) is 3.64.